The zero-order valence-corrected chi connectivity index (χ0v) is 17.8. The van der Waals surface area contributed by atoms with Crippen LogP contribution in [0.4, 0.5) is 5.88 Å². The molecule has 0 aliphatic carbocycles. The number of rotatable bonds is 6. The second-order valence-corrected chi connectivity index (χ2v) is 6.89. The van der Waals surface area contributed by atoms with E-state index in [0.29, 0.717) is 39.3 Å². The lowest BCUT2D eigenvalue weighted by Crippen LogP contribution is -2.16. The van der Waals surface area contributed by atoms with Gasteiger partial charge in [0, 0.05) is 5.56 Å². The van der Waals surface area contributed by atoms with Crippen molar-refractivity contribution < 1.29 is 23.4 Å². The Balaban J connectivity index is 1.84. The van der Waals surface area contributed by atoms with Crippen LogP contribution in [-0.2, 0) is 0 Å². The molecule has 1 heterocycles. The molecule has 0 aliphatic heterocycles. The molecule has 162 valence electrons. The SMILES string of the molecule is COc1cccc(-c2c(NC(=O)c3ccc(OC)c(OC)c3)oc3ccccc3c2=O)c1. The Bertz CT molecular complexity index is 1360. The van der Waals surface area contributed by atoms with Gasteiger partial charge in [0.15, 0.2) is 11.5 Å². The molecule has 7 nitrogen and oxygen atoms in total. The lowest BCUT2D eigenvalue weighted by atomic mass is 10.0. The van der Waals surface area contributed by atoms with Gasteiger partial charge in [0.2, 0.25) is 11.3 Å². The first kappa shape index (κ1) is 21.0. The van der Waals surface area contributed by atoms with Crippen molar-refractivity contribution in [3.8, 4) is 28.4 Å². The molecule has 4 aromatic rings. The molecular weight excluding hydrogens is 410 g/mol. The van der Waals surface area contributed by atoms with E-state index in [4.69, 9.17) is 18.6 Å². The molecule has 0 fully saturated rings. The third-order valence-corrected chi connectivity index (χ3v) is 5.03. The van der Waals surface area contributed by atoms with Gasteiger partial charge in [-0.25, -0.2) is 0 Å². The summed E-state index contributed by atoms with van der Waals surface area (Å²) >= 11 is 0. The number of para-hydroxylation sites is 1. The molecule has 0 radical (unpaired) electrons. The number of hydrogen-bond donors (Lipinski definition) is 1. The molecule has 0 saturated carbocycles. The number of benzene rings is 3. The number of fused-ring (bicyclic) bond motifs is 1. The summed E-state index contributed by atoms with van der Waals surface area (Å²) in [5.74, 6) is 1.06. The number of amides is 1. The first-order valence-corrected chi connectivity index (χ1v) is 9.79. The van der Waals surface area contributed by atoms with Crippen LogP contribution < -0.4 is 25.0 Å². The molecule has 0 spiro atoms. The second-order valence-electron chi connectivity index (χ2n) is 6.89. The summed E-state index contributed by atoms with van der Waals surface area (Å²) in [4.78, 5) is 26.4. The minimum absolute atomic E-state index is 0.0433. The van der Waals surface area contributed by atoms with Crippen molar-refractivity contribution >= 4 is 22.8 Å². The maximum atomic E-state index is 13.4. The Morgan fingerprint density at radius 3 is 2.38 bits per heavy atom. The zero-order chi connectivity index (χ0) is 22.7. The highest BCUT2D eigenvalue weighted by molar-refractivity contribution is 6.06. The molecule has 0 bridgehead atoms. The number of anilines is 1. The van der Waals surface area contributed by atoms with Crippen molar-refractivity contribution in [3.63, 3.8) is 0 Å². The van der Waals surface area contributed by atoms with E-state index in [-0.39, 0.29) is 16.9 Å². The molecule has 7 heteroatoms. The number of nitrogens with one attached hydrogen (secondary N) is 1. The summed E-state index contributed by atoms with van der Waals surface area (Å²) < 4.78 is 21.8. The minimum Gasteiger partial charge on any atom is -0.497 e. The fourth-order valence-corrected chi connectivity index (χ4v) is 3.42. The second kappa shape index (κ2) is 8.85. The average Bonchev–Trinajstić information content (AvgIpc) is 2.83. The van der Waals surface area contributed by atoms with Crippen LogP contribution in [0.25, 0.3) is 22.1 Å². The fraction of sp³-hybridized carbons (Fsp3) is 0.120. The number of carbonyl (C=O) groups excluding carboxylic acids is 1. The summed E-state index contributed by atoms with van der Waals surface area (Å²) in [5, 5.41) is 3.15. The molecule has 1 aromatic heterocycles. The average molecular weight is 431 g/mol. The van der Waals surface area contributed by atoms with Crippen molar-refractivity contribution in [3.05, 3.63) is 82.5 Å². The highest BCUT2D eigenvalue weighted by atomic mass is 16.5. The van der Waals surface area contributed by atoms with E-state index in [9.17, 15) is 9.59 Å². The summed E-state index contributed by atoms with van der Waals surface area (Å²) in [6, 6.07) is 18.7. The molecule has 1 N–H and O–H groups in total. The first-order chi connectivity index (χ1) is 15.5. The third-order valence-electron chi connectivity index (χ3n) is 5.03. The Labute approximate surface area is 184 Å². The summed E-state index contributed by atoms with van der Waals surface area (Å²) in [7, 11) is 4.55. The van der Waals surface area contributed by atoms with Crippen molar-refractivity contribution in [2.45, 2.75) is 0 Å². The van der Waals surface area contributed by atoms with Crippen LogP contribution in [0.3, 0.4) is 0 Å². The van der Waals surface area contributed by atoms with E-state index < -0.39 is 5.91 Å². The highest BCUT2D eigenvalue weighted by Crippen LogP contribution is 2.32. The molecule has 0 aliphatic rings. The van der Waals surface area contributed by atoms with Gasteiger partial charge in [-0.3, -0.25) is 14.9 Å². The van der Waals surface area contributed by atoms with E-state index in [1.807, 2.05) is 0 Å². The van der Waals surface area contributed by atoms with Gasteiger partial charge in [-0.05, 0) is 48.0 Å². The van der Waals surface area contributed by atoms with Crippen LogP contribution in [0, 0.1) is 0 Å². The lowest BCUT2D eigenvalue weighted by Gasteiger charge is -2.13. The molecular formula is C25H21NO6. The summed E-state index contributed by atoms with van der Waals surface area (Å²) in [6.45, 7) is 0. The van der Waals surface area contributed by atoms with E-state index >= 15 is 0 Å². The van der Waals surface area contributed by atoms with Gasteiger partial charge >= 0.3 is 0 Å². The van der Waals surface area contributed by atoms with Crippen LogP contribution in [-0.4, -0.2) is 27.2 Å². The standard InChI is InChI=1S/C25H21NO6/c1-29-17-8-6-7-15(13-17)22-23(27)18-9-4-5-10-19(18)32-25(22)26-24(28)16-11-12-20(30-2)21(14-16)31-3/h4-14H,1-3H3,(H,26,28). The number of hydrogen-bond acceptors (Lipinski definition) is 6. The third kappa shape index (κ3) is 3.88. The maximum Gasteiger partial charge on any atom is 0.258 e. The van der Waals surface area contributed by atoms with E-state index in [0.717, 1.165) is 0 Å². The predicted molar refractivity (Wildman–Crippen MR) is 122 cm³/mol. The minimum atomic E-state index is -0.464. The van der Waals surface area contributed by atoms with Crippen LogP contribution in [0.2, 0.25) is 0 Å². The molecule has 0 atom stereocenters. The molecule has 0 saturated heterocycles. The maximum absolute atomic E-state index is 13.4. The van der Waals surface area contributed by atoms with Crippen molar-refractivity contribution in [2.24, 2.45) is 0 Å². The van der Waals surface area contributed by atoms with E-state index in [1.54, 1.807) is 73.8 Å². The molecule has 1 amide bonds. The summed E-state index contributed by atoms with van der Waals surface area (Å²) in [5.41, 5.74) is 1.22. The van der Waals surface area contributed by atoms with Crippen LogP contribution >= 0.6 is 0 Å². The van der Waals surface area contributed by atoms with Gasteiger partial charge in [-0.1, -0.05) is 24.3 Å². The van der Waals surface area contributed by atoms with Gasteiger partial charge in [0.05, 0.1) is 32.3 Å². The van der Waals surface area contributed by atoms with Crippen LogP contribution in [0.15, 0.2) is 75.9 Å². The van der Waals surface area contributed by atoms with Crippen LogP contribution in [0.1, 0.15) is 10.4 Å². The quantitative estimate of drug-likeness (QED) is 0.475. The fourth-order valence-electron chi connectivity index (χ4n) is 3.42. The largest absolute Gasteiger partial charge is 0.497 e. The zero-order valence-electron chi connectivity index (χ0n) is 17.8. The van der Waals surface area contributed by atoms with Gasteiger partial charge < -0.3 is 18.6 Å². The molecule has 3 aromatic carbocycles. The number of carbonyl (C=O) groups is 1. The highest BCUT2D eigenvalue weighted by Gasteiger charge is 2.20. The van der Waals surface area contributed by atoms with Crippen molar-refractivity contribution in [1.82, 2.24) is 0 Å². The smallest absolute Gasteiger partial charge is 0.258 e. The van der Waals surface area contributed by atoms with Crippen molar-refractivity contribution in [1.29, 1.82) is 0 Å². The Morgan fingerprint density at radius 1 is 0.844 bits per heavy atom. The molecule has 0 unspecified atom stereocenters. The van der Waals surface area contributed by atoms with E-state index in [2.05, 4.69) is 5.32 Å². The van der Waals surface area contributed by atoms with Crippen molar-refractivity contribution in [2.75, 3.05) is 26.6 Å². The Hall–Kier alpha value is -4.26. The van der Waals surface area contributed by atoms with Gasteiger partial charge in [0.25, 0.3) is 5.91 Å². The lowest BCUT2D eigenvalue weighted by molar-refractivity contribution is 0.102. The van der Waals surface area contributed by atoms with Gasteiger partial charge in [0.1, 0.15) is 11.3 Å². The Kier molecular flexibility index (Phi) is 5.81. The first-order valence-electron chi connectivity index (χ1n) is 9.79. The van der Waals surface area contributed by atoms with Gasteiger partial charge in [-0.15, -0.1) is 0 Å². The van der Waals surface area contributed by atoms with E-state index in [1.165, 1.54) is 14.2 Å². The Morgan fingerprint density at radius 2 is 1.62 bits per heavy atom. The molecule has 32 heavy (non-hydrogen) atoms. The van der Waals surface area contributed by atoms with Gasteiger partial charge in [-0.2, -0.15) is 0 Å². The number of methoxy groups -OCH3 is 3. The van der Waals surface area contributed by atoms with Crippen LogP contribution in [0.5, 0.6) is 17.2 Å². The normalized spacial score (nSPS) is 10.6. The monoisotopic (exact) mass is 431 g/mol. The predicted octanol–water partition coefficient (Wildman–Crippen LogP) is 4.74. The topological polar surface area (TPSA) is 87.0 Å². The molecule has 4 rings (SSSR count). The number of ether oxygens (including phenoxy) is 3. The summed E-state index contributed by atoms with van der Waals surface area (Å²) in [6.07, 6.45) is 0.